The minimum absolute atomic E-state index is 0.0146. The third-order valence-corrected chi connectivity index (χ3v) is 9.90. The van der Waals surface area contributed by atoms with E-state index in [0.29, 0.717) is 37.9 Å². The lowest BCUT2D eigenvalue weighted by molar-refractivity contribution is -0.150. The number of halogens is 5. The molecule has 4 rings (SSSR count). The van der Waals surface area contributed by atoms with E-state index in [9.17, 15) is 44.3 Å². The Balaban J connectivity index is 1.65. The van der Waals surface area contributed by atoms with E-state index in [-0.39, 0.29) is 5.75 Å². The van der Waals surface area contributed by atoms with Crippen LogP contribution >= 0.6 is 11.6 Å². The van der Waals surface area contributed by atoms with E-state index in [1.807, 2.05) is 0 Å². The number of nitrogens with two attached hydrogens (primary N) is 1. The zero-order valence-corrected chi connectivity index (χ0v) is 22.7. The van der Waals surface area contributed by atoms with Gasteiger partial charge in [-0.2, -0.15) is 14.5 Å². The van der Waals surface area contributed by atoms with Crippen LogP contribution in [0.2, 0.25) is 5.02 Å². The van der Waals surface area contributed by atoms with Crippen molar-refractivity contribution < 1.29 is 53.9 Å². The predicted octanol–water partition coefficient (Wildman–Crippen LogP) is 2.88. The zero-order valence-electron chi connectivity index (χ0n) is 20.3. The van der Waals surface area contributed by atoms with Crippen LogP contribution in [0.3, 0.4) is 0 Å². The normalized spacial score (nSPS) is 16.9. The zero-order chi connectivity index (χ0) is 30.3. The summed E-state index contributed by atoms with van der Waals surface area (Å²) in [5.74, 6) is -4.93. The van der Waals surface area contributed by atoms with Gasteiger partial charge in [0.05, 0.1) is 9.79 Å². The summed E-state index contributed by atoms with van der Waals surface area (Å²) in [5.41, 5.74) is 0. The molecule has 1 fully saturated rings. The lowest BCUT2D eigenvalue weighted by Gasteiger charge is -2.38. The van der Waals surface area contributed by atoms with E-state index in [0.717, 1.165) is 0 Å². The standard InChI is InChI=1S/C23H18ClF4N3O8S2/c24-12-1-3-13(4-2-12)38-22-18(27)9-15(10-19(22)28)41(36,37)31-6-5-30(11-20(31)23(33)39-29)40(34,35)14-7-16(25)21(32)17(26)8-14/h1-4,7-10,20,32H,5-6,11,29H2/t20-/m1/s1. The van der Waals surface area contributed by atoms with Crippen molar-refractivity contribution in [2.75, 3.05) is 19.6 Å². The van der Waals surface area contributed by atoms with Crippen LogP contribution in [0.15, 0.2) is 58.3 Å². The van der Waals surface area contributed by atoms with E-state index >= 15 is 0 Å². The minimum atomic E-state index is -4.91. The van der Waals surface area contributed by atoms with Crippen molar-refractivity contribution in [2.24, 2.45) is 5.90 Å². The van der Waals surface area contributed by atoms with E-state index in [4.69, 9.17) is 22.2 Å². The Morgan fingerprint density at radius 2 is 1.39 bits per heavy atom. The predicted molar refractivity (Wildman–Crippen MR) is 133 cm³/mol. The third-order valence-electron chi connectivity index (χ3n) is 5.92. The summed E-state index contributed by atoms with van der Waals surface area (Å²) in [7, 11) is -9.67. The first kappa shape index (κ1) is 30.5. The summed E-state index contributed by atoms with van der Waals surface area (Å²) in [5, 5.41) is 9.57. The number of carbonyl (C=O) groups excluding carboxylic acids is 1. The Bertz CT molecular complexity index is 1680. The van der Waals surface area contributed by atoms with Crippen LogP contribution < -0.4 is 10.6 Å². The summed E-state index contributed by atoms with van der Waals surface area (Å²) >= 11 is 5.76. The monoisotopic (exact) mass is 639 g/mol. The number of phenolic OH excluding ortho intramolecular Hbond substituents is 1. The molecule has 18 heteroatoms. The Labute approximate surface area is 235 Å². The molecule has 0 aromatic heterocycles. The smallest absolute Gasteiger partial charge is 0.344 e. The minimum Gasteiger partial charge on any atom is -0.503 e. The molecule has 0 bridgehead atoms. The second-order valence-electron chi connectivity index (χ2n) is 8.44. The largest absolute Gasteiger partial charge is 0.503 e. The number of hydrogen-bond donors (Lipinski definition) is 2. The van der Waals surface area contributed by atoms with Gasteiger partial charge < -0.3 is 14.7 Å². The fourth-order valence-corrected chi connectivity index (χ4v) is 7.07. The van der Waals surface area contributed by atoms with Crippen LogP contribution in [0, 0.1) is 23.3 Å². The maximum Gasteiger partial charge on any atom is 0.344 e. The molecule has 0 saturated carbocycles. The fraction of sp³-hybridized carbons (Fsp3) is 0.174. The molecular formula is C23H18ClF4N3O8S2. The highest BCUT2D eigenvalue weighted by molar-refractivity contribution is 7.89. The van der Waals surface area contributed by atoms with Crippen molar-refractivity contribution in [1.82, 2.24) is 8.61 Å². The summed E-state index contributed by atoms with van der Waals surface area (Å²) in [6, 6.07) is 4.93. The molecule has 0 spiro atoms. The molecular weight excluding hydrogens is 622 g/mol. The van der Waals surface area contributed by atoms with Gasteiger partial charge in [-0.1, -0.05) is 11.6 Å². The number of phenols is 1. The van der Waals surface area contributed by atoms with Gasteiger partial charge in [-0.3, -0.25) is 0 Å². The van der Waals surface area contributed by atoms with E-state index < -0.39 is 96.3 Å². The van der Waals surface area contributed by atoms with E-state index in [1.54, 1.807) is 0 Å². The summed E-state index contributed by atoms with van der Waals surface area (Å²) in [6.07, 6.45) is 0. The van der Waals surface area contributed by atoms with E-state index in [2.05, 4.69) is 4.84 Å². The first-order valence-corrected chi connectivity index (χ1v) is 14.5. The molecule has 3 N–H and O–H groups in total. The van der Waals surface area contributed by atoms with E-state index in [1.165, 1.54) is 24.3 Å². The highest BCUT2D eigenvalue weighted by Crippen LogP contribution is 2.33. The number of hydrogen-bond acceptors (Lipinski definition) is 9. The molecule has 1 aliphatic rings. The second kappa shape index (κ2) is 11.4. The molecule has 11 nitrogen and oxygen atoms in total. The van der Waals surface area contributed by atoms with Gasteiger partial charge in [0.2, 0.25) is 20.0 Å². The molecule has 1 saturated heterocycles. The van der Waals surface area contributed by atoms with Crippen LogP contribution in [0.4, 0.5) is 17.6 Å². The van der Waals surface area contributed by atoms with Crippen molar-refractivity contribution >= 4 is 37.6 Å². The van der Waals surface area contributed by atoms with Crippen molar-refractivity contribution in [2.45, 2.75) is 15.8 Å². The van der Waals surface area contributed by atoms with Gasteiger partial charge in [0, 0.05) is 24.7 Å². The molecule has 3 aromatic rings. The number of rotatable bonds is 7. The molecule has 0 radical (unpaired) electrons. The Hall–Kier alpha value is -3.48. The van der Waals surface area contributed by atoms with Crippen LogP contribution in [-0.2, 0) is 29.7 Å². The number of aromatic hydroxyl groups is 1. The molecule has 1 aliphatic heterocycles. The number of ether oxygens (including phenoxy) is 1. The number of benzene rings is 3. The van der Waals surface area contributed by atoms with Crippen molar-refractivity contribution in [1.29, 1.82) is 0 Å². The first-order chi connectivity index (χ1) is 19.2. The molecule has 220 valence electrons. The van der Waals surface area contributed by atoms with Gasteiger partial charge in [0.25, 0.3) is 0 Å². The van der Waals surface area contributed by atoms with Crippen LogP contribution in [0.5, 0.6) is 17.2 Å². The molecule has 0 amide bonds. The lowest BCUT2D eigenvalue weighted by Crippen LogP contribution is -2.59. The fourth-order valence-electron chi connectivity index (χ4n) is 3.90. The Kier molecular flexibility index (Phi) is 8.49. The van der Waals surface area contributed by atoms with Gasteiger partial charge in [-0.05, 0) is 48.5 Å². The molecule has 41 heavy (non-hydrogen) atoms. The van der Waals surface area contributed by atoms with Gasteiger partial charge in [0.15, 0.2) is 34.8 Å². The van der Waals surface area contributed by atoms with Crippen molar-refractivity contribution in [3.05, 3.63) is 76.8 Å². The quantitative estimate of drug-likeness (QED) is 0.293. The number of piperazine rings is 1. The number of nitrogens with zero attached hydrogens (tertiary/aromatic N) is 2. The molecule has 1 heterocycles. The van der Waals surface area contributed by atoms with Gasteiger partial charge in [-0.15, -0.1) is 0 Å². The van der Waals surface area contributed by atoms with Crippen LogP contribution in [0.25, 0.3) is 0 Å². The Morgan fingerprint density at radius 1 is 0.878 bits per heavy atom. The first-order valence-electron chi connectivity index (χ1n) is 11.2. The lowest BCUT2D eigenvalue weighted by atomic mass is 10.2. The number of sulfonamides is 2. The maximum atomic E-state index is 14.8. The maximum absolute atomic E-state index is 14.8. The highest BCUT2D eigenvalue weighted by atomic mass is 35.5. The third kappa shape index (κ3) is 5.95. The number of carbonyl (C=O) groups is 1. The average molecular weight is 640 g/mol. The van der Waals surface area contributed by atoms with Gasteiger partial charge >= 0.3 is 5.97 Å². The van der Waals surface area contributed by atoms with Crippen molar-refractivity contribution in [3.8, 4) is 17.2 Å². The molecule has 0 unspecified atom stereocenters. The van der Waals surface area contributed by atoms with Crippen LogP contribution in [0.1, 0.15) is 0 Å². The molecule has 0 aliphatic carbocycles. The van der Waals surface area contributed by atoms with Gasteiger partial charge in [0.1, 0.15) is 11.8 Å². The summed E-state index contributed by atoms with van der Waals surface area (Å²) < 4.78 is 116. The summed E-state index contributed by atoms with van der Waals surface area (Å²) in [4.78, 5) is 14.6. The topological polar surface area (TPSA) is 157 Å². The second-order valence-corrected chi connectivity index (χ2v) is 12.7. The van der Waals surface area contributed by atoms with Crippen molar-refractivity contribution in [3.63, 3.8) is 0 Å². The summed E-state index contributed by atoms with van der Waals surface area (Å²) in [6.45, 7) is -2.39. The Morgan fingerprint density at radius 3 is 1.93 bits per heavy atom. The molecule has 3 aromatic carbocycles. The van der Waals surface area contributed by atoms with Crippen LogP contribution in [-0.4, -0.2) is 62.2 Å². The highest BCUT2D eigenvalue weighted by Gasteiger charge is 2.45. The average Bonchev–Trinajstić information content (AvgIpc) is 2.93. The molecule has 1 atom stereocenters. The SMILES string of the molecule is NOC(=O)[C@H]1CN(S(=O)(=O)c2cc(F)c(O)c(F)c2)CCN1S(=O)(=O)c1cc(F)c(Oc2ccc(Cl)cc2)c(F)c1. The van der Waals surface area contributed by atoms with Gasteiger partial charge in [-0.25, -0.2) is 39.2 Å².